The van der Waals surface area contributed by atoms with Crippen molar-refractivity contribution in [2.45, 2.75) is 4.90 Å². The van der Waals surface area contributed by atoms with Gasteiger partial charge in [-0.05, 0) is 24.3 Å². The highest BCUT2D eigenvalue weighted by Crippen LogP contribution is 2.14. The van der Waals surface area contributed by atoms with Crippen LogP contribution in [0.15, 0.2) is 95.1 Å². The van der Waals surface area contributed by atoms with Crippen molar-refractivity contribution in [3.8, 4) is 0 Å². The molecule has 3 rings (SSSR count). The summed E-state index contributed by atoms with van der Waals surface area (Å²) in [7, 11) is -3.99. The molecule has 0 atom stereocenters. The molecule has 0 saturated heterocycles. The van der Waals surface area contributed by atoms with E-state index in [9.17, 15) is 8.42 Å². The van der Waals surface area contributed by atoms with Crippen molar-refractivity contribution in [1.82, 2.24) is 4.98 Å². The molecular weight excluding hydrogens is 324 g/mol. The van der Waals surface area contributed by atoms with E-state index in [2.05, 4.69) is 10.1 Å². The van der Waals surface area contributed by atoms with Gasteiger partial charge in [0.2, 0.25) is 0 Å². The van der Waals surface area contributed by atoms with Crippen molar-refractivity contribution in [1.29, 1.82) is 0 Å². The number of hydrogen-bond acceptors (Lipinski definition) is 5. The summed E-state index contributed by atoms with van der Waals surface area (Å²) >= 11 is 0. The van der Waals surface area contributed by atoms with Gasteiger partial charge in [-0.1, -0.05) is 59.8 Å². The predicted octanol–water partition coefficient (Wildman–Crippen LogP) is 3.24. The Labute approximate surface area is 140 Å². The summed E-state index contributed by atoms with van der Waals surface area (Å²) in [6.45, 7) is 0. The zero-order valence-corrected chi connectivity index (χ0v) is 13.4. The molecule has 0 spiro atoms. The van der Waals surface area contributed by atoms with Crippen molar-refractivity contribution in [3.63, 3.8) is 0 Å². The average molecular weight is 338 g/mol. The van der Waals surface area contributed by atoms with Crippen LogP contribution in [0.25, 0.3) is 0 Å². The van der Waals surface area contributed by atoms with Crippen LogP contribution in [0.5, 0.6) is 0 Å². The van der Waals surface area contributed by atoms with E-state index < -0.39 is 10.1 Å². The lowest BCUT2D eigenvalue weighted by Gasteiger charge is -2.06. The van der Waals surface area contributed by atoms with Crippen molar-refractivity contribution in [2.75, 3.05) is 0 Å². The summed E-state index contributed by atoms with van der Waals surface area (Å²) in [6, 6.07) is 22.3. The van der Waals surface area contributed by atoms with E-state index in [4.69, 9.17) is 4.28 Å². The van der Waals surface area contributed by atoms with E-state index >= 15 is 0 Å². The minimum Gasteiger partial charge on any atom is -0.264 e. The Morgan fingerprint density at radius 1 is 0.833 bits per heavy atom. The van der Waals surface area contributed by atoms with E-state index in [-0.39, 0.29) is 4.90 Å². The van der Waals surface area contributed by atoms with Crippen LogP contribution in [0.1, 0.15) is 11.3 Å². The molecule has 0 unspecified atom stereocenters. The van der Waals surface area contributed by atoms with Gasteiger partial charge in [-0.3, -0.25) is 9.27 Å². The van der Waals surface area contributed by atoms with E-state index in [0.717, 1.165) is 0 Å². The molecule has 0 aliphatic heterocycles. The summed E-state index contributed by atoms with van der Waals surface area (Å²) in [4.78, 5) is 4.27. The zero-order valence-electron chi connectivity index (χ0n) is 12.6. The molecule has 0 radical (unpaired) electrons. The number of aromatic nitrogens is 1. The van der Waals surface area contributed by atoms with Crippen LogP contribution in [0.4, 0.5) is 0 Å². The SMILES string of the molecule is O=S(=O)(ON=C(c1ccccc1)c1ccccn1)c1ccccc1. The lowest BCUT2D eigenvalue weighted by atomic mass is 10.1. The Kier molecular flexibility index (Phi) is 4.67. The Morgan fingerprint density at radius 3 is 2.08 bits per heavy atom. The third-order valence-corrected chi connectivity index (χ3v) is 4.33. The number of hydrogen-bond donors (Lipinski definition) is 0. The fraction of sp³-hybridized carbons (Fsp3) is 0. The van der Waals surface area contributed by atoms with E-state index in [0.29, 0.717) is 17.0 Å². The summed E-state index contributed by atoms with van der Waals surface area (Å²) in [5, 5.41) is 3.88. The van der Waals surface area contributed by atoms with Crippen LogP contribution in [-0.2, 0) is 14.4 Å². The minimum absolute atomic E-state index is 0.0437. The van der Waals surface area contributed by atoms with Gasteiger partial charge < -0.3 is 0 Å². The van der Waals surface area contributed by atoms with Gasteiger partial charge in [-0.2, -0.15) is 8.42 Å². The quantitative estimate of drug-likeness (QED) is 0.529. The number of benzene rings is 2. The second kappa shape index (κ2) is 7.06. The lowest BCUT2D eigenvalue weighted by molar-refractivity contribution is 0.339. The van der Waals surface area contributed by atoms with Crippen molar-refractivity contribution >= 4 is 15.8 Å². The lowest BCUT2D eigenvalue weighted by Crippen LogP contribution is -2.09. The maximum atomic E-state index is 12.2. The number of oxime groups is 1. The number of pyridine rings is 1. The molecule has 0 fully saturated rings. The molecule has 0 bridgehead atoms. The largest absolute Gasteiger partial charge is 0.358 e. The maximum Gasteiger partial charge on any atom is 0.358 e. The van der Waals surface area contributed by atoms with Crippen LogP contribution in [0.2, 0.25) is 0 Å². The molecule has 0 N–H and O–H groups in total. The average Bonchev–Trinajstić information content (AvgIpc) is 2.64. The molecule has 1 aromatic heterocycles. The van der Waals surface area contributed by atoms with Gasteiger partial charge in [-0.25, -0.2) is 0 Å². The van der Waals surface area contributed by atoms with Crippen molar-refractivity contribution in [3.05, 3.63) is 96.3 Å². The molecule has 1 heterocycles. The summed E-state index contributed by atoms with van der Waals surface area (Å²) in [5.41, 5.74) is 1.57. The van der Waals surface area contributed by atoms with Gasteiger partial charge in [0.25, 0.3) is 0 Å². The smallest absolute Gasteiger partial charge is 0.264 e. The fourth-order valence-corrected chi connectivity index (χ4v) is 2.81. The molecule has 0 aliphatic rings. The summed E-state index contributed by atoms with van der Waals surface area (Å²) in [5.74, 6) is 0. The molecule has 6 heteroatoms. The van der Waals surface area contributed by atoms with E-state index in [1.165, 1.54) is 12.1 Å². The second-order valence-corrected chi connectivity index (χ2v) is 6.39. The third kappa shape index (κ3) is 3.67. The molecule has 24 heavy (non-hydrogen) atoms. The number of nitrogens with zero attached hydrogens (tertiary/aromatic N) is 2. The summed E-state index contributed by atoms with van der Waals surface area (Å²) < 4.78 is 29.4. The van der Waals surface area contributed by atoms with Gasteiger partial charge in [-0.15, -0.1) is 0 Å². The number of rotatable bonds is 5. The van der Waals surface area contributed by atoms with Crippen LogP contribution in [0, 0.1) is 0 Å². The van der Waals surface area contributed by atoms with Gasteiger partial charge >= 0.3 is 10.1 Å². The molecule has 2 aromatic carbocycles. The van der Waals surface area contributed by atoms with Gasteiger partial charge in [0.05, 0.1) is 5.69 Å². The first-order valence-corrected chi connectivity index (χ1v) is 8.61. The van der Waals surface area contributed by atoms with Crippen LogP contribution in [-0.4, -0.2) is 19.1 Å². The second-order valence-electron chi connectivity index (χ2n) is 4.86. The highest BCUT2D eigenvalue weighted by atomic mass is 32.2. The van der Waals surface area contributed by atoms with Gasteiger partial charge in [0.15, 0.2) is 0 Å². The topological polar surface area (TPSA) is 68.6 Å². The fourth-order valence-electron chi connectivity index (χ4n) is 2.06. The Hall–Kier alpha value is -2.99. The van der Waals surface area contributed by atoms with E-state index in [1.807, 2.05) is 30.3 Å². The standard InChI is InChI=1S/C18H14N2O3S/c21-24(22,16-11-5-2-6-12-16)23-20-18(15-9-3-1-4-10-15)17-13-7-8-14-19-17/h1-14H. The molecule has 0 amide bonds. The molecular formula is C18H14N2O3S. The van der Waals surface area contributed by atoms with Crippen LogP contribution in [0.3, 0.4) is 0 Å². The van der Waals surface area contributed by atoms with Gasteiger partial charge in [0, 0.05) is 11.8 Å². The minimum atomic E-state index is -3.99. The molecule has 0 aliphatic carbocycles. The highest BCUT2D eigenvalue weighted by Gasteiger charge is 2.17. The first-order valence-electron chi connectivity index (χ1n) is 7.20. The normalized spacial score (nSPS) is 11.9. The Bertz CT molecular complexity index is 884. The van der Waals surface area contributed by atoms with Crippen LogP contribution < -0.4 is 0 Å². The molecule has 3 aromatic rings. The third-order valence-electron chi connectivity index (χ3n) is 3.21. The monoisotopic (exact) mass is 338 g/mol. The Balaban J connectivity index is 1.99. The first-order chi connectivity index (χ1) is 11.7. The van der Waals surface area contributed by atoms with Crippen LogP contribution >= 0.6 is 0 Å². The summed E-state index contributed by atoms with van der Waals surface area (Å²) in [6.07, 6.45) is 1.61. The highest BCUT2D eigenvalue weighted by molar-refractivity contribution is 7.86. The molecule has 120 valence electrons. The van der Waals surface area contributed by atoms with Crippen molar-refractivity contribution < 1.29 is 12.7 Å². The molecule has 5 nitrogen and oxygen atoms in total. The van der Waals surface area contributed by atoms with E-state index in [1.54, 1.807) is 42.6 Å². The van der Waals surface area contributed by atoms with Crippen molar-refractivity contribution in [2.24, 2.45) is 5.16 Å². The van der Waals surface area contributed by atoms with Gasteiger partial charge in [0.1, 0.15) is 10.6 Å². The molecule has 0 saturated carbocycles. The maximum absolute atomic E-state index is 12.2. The predicted molar refractivity (Wildman–Crippen MR) is 91.0 cm³/mol. The Morgan fingerprint density at radius 2 is 1.46 bits per heavy atom. The zero-order chi connectivity index (χ0) is 16.8. The first kappa shape index (κ1) is 15.9.